The van der Waals surface area contributed by atoms with E-state index in [1.165, 1.54) is 0 Å². The number of carbonyl (C=O) groups excluding carboxylic acids is 1. The van der Waals surface area contributed by atoms with Gasteiger partial charge in [0.05, 0.1) is 30.7 Å². The molecule has 0 heterocycles. The number of halogens is 3. The number of nitrogens with zero attached hydrogens (tertiary/aromatic N) is 1. The van der Waals surface area contributed by atoms with Gasteiger partial charge in [-0.3, -0.25) is 24.0 Å². The summed E-state index contributed by atoms with van der Waals surface area (Å²) in [6, 6.07) is 0.323. The third kappa shape index (κ3) is 19.3. The Morgan fingerprint density at radius 3 is 1.05 bits per heavy atom. The number of carboxylic acids is 6. The summed E-state index contributed by atoms with van der Waals surface area (Å²) in [4.78, 5) is 74.6. The summed E-state index contributed by atoms with van der Waals surface area (Å²) in [6.07, 6.45) is -4.58. The average molecular weight is 689 g/mol. The molecule has 0 saturated carbocycles. The first kappa shape index (κ1) is 43.6. The van der Waals surface area contributed by atoms with Gasteiger partial charge in [-0.2, -0.15) is 0 Å². The molecule has 0 atom stereocenters. The van der Waals surface area contributed by atoms with Gasteiger partial charge < -0.3 is 45.8 Å². The predicted molar refractivity (Wildman–Crippen MR) is 149 cm³/mol. The molecule has 0 unspecified atom stereocenters. The summed E-state index contributed by atoms with van der Waals surface area (Å²) in [5, 5.41) is 67.9. The minimum Gasteiger partial charge on any atom is -0.481 e. The van der Waals surface area contributed by atoms with Crippen molar-refractivity contribution in [3.63, 3.8) is 0 Å². The molecule has 0 rings (SSSR count). The number of thioether (sulfide) groups is 1. The number of hydrogen-bond donors (Lipinski definition) is 8. The maximum Gasteiger partial charge on any atom is 0.336 e. The fourth-order valence-corrected chi connectivity index (χ4v) is 4.12. The lowest BCUT2D eigenvalue weighted by Crippen LogP contribution is -2.42. The van der Waals surface area contributed by atoms with Gasteiger partial charge in [0.15, 0.2) is 11.2 Å². The molecule has 242 valence electrons. The van der Waals surface area contributed by atoms with Gasteiger partial charge >= 0.3 is 35.8 Å². The average Bonchev–Trinajstić information content (AvgIpc) is 2.75. The molecule has 0 aliphatic carbocycles. The number of aliphatic carboxylic acids is 6. The third-order valence-electron chi connectivity index (χ3n) is 4.42. The molecule has 0 radical (unpaired) electrons. The van der Waals surface area contributed by atoms with Gasteiger partial charge in [-0.1, -0.05) is 46.6 Å². The maximum atomic E-state index is 11.9. The summed E-state index contributed by atoms with van der Waals surface area (Å²) >= 11 is 17.8. The summed E-state index contributed by atoms with van der Waals surface area (Å²) in [5.41, 5.74) is -5.48. The summed E-state index contributed by atoms with van der Waals surface area (Å²) in [6.45, 7) is 7.91. The molecular weight excluding hydrogens is 657 g/mol. The second kappa shape index (κ2) is 20.1. The van der Waals surface area contributed by atoms with E-state index in [1.807, 2.05) is 27.7 Å². The van der Waals surface area contributed by atoms with Crippen LogP contribution in [0.15, 0.2) is 9.52 Å². The minimum atomic E-state index is -2.74. The molecule has 0 aromatic rings. The molecule has 42 heavy (non-hydrogen) atoms. The van der Waals surface area contributed by atoms with E-state index >= 15 is 0 Å². The van der Waals surface area contributed by atoms with Gasteiger partial charge in [0.1, 0.15) is 4.49 Å². The lowest BCUT2D eigenvalue weighted by atomic mass is 9.96. The van der Waals surface area contributed by atoms with Gasteiger partial charge in [-0.15, -0.1) is 0 Å². The SMILES string of the molecule is CC(C)N(C(=O)SCC(Cl)=C(Cl)Cl)C(C)C.O=C(O)CC(O)(CC(=O)O)C(=O)O.O=C(O)CC(O)(CC(=O)O)C(=O)O. The Balaban J connectivity index is -0.000000548. The van der Waals surface area contributed by atoms with E-state index in [1.54, 1.807) is 4.90 Å². The number of hydrogen-bond acceptors (Lipinski definition) is 10. The Kier molecular flexibility index (Phi) is 20.9. The van der Waals surface area contributed by atoms with Crippen molar-refractivity contribution >= 4 is 87.6 Å². The van der Waals surface area contributed by atoms with Gasteiger partial charge in [-0.25, -0.2) is 9.59 Å². The molecule has 0 saturated heterocycles. The smallest absolute Gasteiger partial charge is 0.336 e. The number of amides is 1. The van der Waals surface area contributed by atoms with Crippen molar-refractivity contribution < 1.29 is 74.4 Å². The fraction of sp³-hybridized carbons (Fsp3) is 0.591. The zero-order chi connectivity index (χ0) is 34.2. The quantitative estimate of drug-likeness (QED) is 0.130. The van der Waals surface area contributed by atoms with Crippen molar-refractivity contribution in [1.82, 2.24) is 4.90 Å². The van der Waals surface area contributed by atoms with Crippen LogP contribution in [0.1, 0.15) is 53.4 Å². The van der Waals surface area contributed by atoms with Crippen molar-refractivity contribution in [2.75, 3.05) is 5.75 Å². The van der Waals surface area contributed by atoms with Crippen LogP contribution in [0.5, 0.6) is 0 Å². The standard InChI is InChI=1S/C10H16Cl3NOS.2C6H8O7/c1-6(2)14(7(3)4)10(15)16-5-8(11)9(12)13;2*7-3(8)1-6(13,5(11)12)2-4(9)10/h6-7H,5H2,1-4H3;2*13H,1-2H2,(H,7,8)(H,9,10)(H,11,12). The van der Waals surface area contributed by atoms with Gasteiger partial charge in [0.2, 0.25) is 0 Å². The molecule has 8 N–H and O–H groups in total. The van der Waals surface area contributed by atoms with Crippen molar-refractivity contribution in [3.8, 4) is 0 Å². The number of carbonyl (C=O) groups is 7. The van der Waals surface area contributed by atoms with Crippen LogP contribution in [-0.2, 0) is 28.8 Å². The maximum absolute atomic E-state index is 11.9. The fourth-order valence-electron chi connectivity index (χ4n) is 2.70. The van der Waals surface area contributed by atoms with E-state index in [9.17, 15) is 33.6 Å². The highest BCUT2D eigenvalue weighted by Gasteiger charge is 2.41. The Bertz CT molecular complexity index is 937. The van der Waals surface area contributed by atoms with Gasteiger partial charge in [-0.05, 0) is 27.7 Å². The highest BCUT2D eigenvalue weighted by atomic mass is 35.5. The van der Waals surface area contributed by atoms with E-state index in [0.29, 0.717) is 10.8 Å². The predicted octanol–water partition coefficient (Wildman–Crippen LogP) is 2.35. The zero-order valence-corrected chi connectivity index (χ0v) is 25.7. The molecule has 0 spiro atoms. The Morgan fingerprint density at radius 1 is 0.619 bits per heavy atom. The van der Waals surface area contributed by atoms with Crippen LogP contribution in [0, 0.1) is 0 Å². The van der Waals surface area contributed by atoms with E-state index in [2.05, 4.69) is 0 Å². The molecule has 0 aromatic carbocycles. The van der Waals surface area contributed by atoms with Gasteiger partial charge in [0.25, 0.3) is 5.24 Å². The van der Waals surface area contributed by atoms with Crippen LogP contribution in [0.3, 0.4) is 0 Å². The van der Waals surface area contributed by atoms with Crippen LogP contribution in [0.2, 0.25) is 0 Å². The first-order chi connectivity index (χ1) is 18.8. The Labute approximate surface area is 258 Å². The van der Waals surface area contributed by atoms with Crippen molar-refractivity contribution in [2.24, 2.45) is 0 Å². The Morgan fingerprint density at radius 2 is 0.881 bits per heavy atom. The van der Waals surface area contributed by atoms with E-state index in [4.69, 9.17) is 75.7 Å². The van der Waals surface area contributed by atoms with E-state index in [-0.39, 0.29) is 21.8 Å². The number of carboxylic acid groups (broad SMARTS) is 6. The lowest BCUT2D eigenvalue weighted by molar-refractivity contribution is -0.170. The van der Waals surface area contributed by atoms with Crippen LogP contribution in [0.4, 0.5) is 4.79 Å². The second-order valence-electron chi connectivity index (χ2n) is 8.77. The van der Waals surface area contributed by atoms with Crippen LogP contribution >= 0.6 is 46.6 Å². The third-order valence-corrected chi connectivity index (χ3v) is 6.44. The molecule has 0 aliphatic rings. The molecule has 0 aliphatic heterocycles. The van der Waals surface area contributed by atoms with E-state index < -0.39 is 72.7 Å². The lowest BCUT2D eigenvalue weighted by Gasteiger charge is -2.30. The molecule has 0 fully saturated rings. The van der Waals surface area contributed by atoms with Crippen molar-refractivity contribution in [3.05, 3.63) is 9.52 Å². The van der Waals surface area contributed by atoms with Crippen LogP contribution in [-0.4, -0.2) is 116 Å². The molecule has 16 nitrogen and oxygen atoms in total. The van der Waals surface area contributed by atoms with Crippen LogP contribution in [0.25, 0.3) is 0 Å². The number of aliphatic hydroxyl groups is 2. The normalized spacial score (nSPS) is 10.8. The number of rotatable bonds is 14. The molecule has 20 heteroatoms. The Hall–Kier alpha value is -2.83. The molecule has 0 bridgehead atoms. The minimum absolute atomic E-state index is 0.0160. The zero-order valence-electron chi connectivity index (χ0n) is 22.6. The summed E-state index contributed by atoms with van der Waals surface area (Å²) in [5.74, 6) is -9.73. The summed E-state index contributed by atoms with van der Waals surface area (Å²) < 4.78 is 0.0163. The highest BCUT2D eigenvalue weighted by molar-refractivity contribution is 8.13. The largest absolute Gasteiger partial charge is 0.481 e. The van der Waals surface area contributed by atoms with Crippen molar-refractivity contribution in [1.29, 1.82) is 0 Å². The van der Waals surface area contributed by atoms with Crippen LogP contribution < -0.4 is 0 Å². The van der Waals surface area contributed by atoms with Gasteiger partial charge in [0, 0.05) is 17.8 Å². The topological polar surface area (TPSA) is 285 Å². The summed E-state index contributed by atoms with van der Waals surface area (Å²) in [7, 11) is 0. The molecular formula is C22H32Cl3NO15S. The van der Waals surface area contributed by atoms with E-state index in [0.717, 1.165) is 11.8 Å². The highest BCUT2D eigenvalue weighted by Crippen LogP contribution is 2.24. The molecule has 0 aromatic heterocycles. The second-order valence-corrected chi connectivity index (χ2v) is 11.1. The monoisotopic (exact) mass is 687 g/mol. The molecule has 1 amide bonds. The first-order valence-corrected chi connectivity index (χ1v) is 13.4. The van der Waals surface area contributed by atoms with Crippen molar-refractivity contribution in [2.45, 2.75) is 76.7 Å². The first-order valence-electron chi connectivity index (χ1n) is 11.3.